The number of ether oxygens (including phenoxy) is 2. The number of halogens is 1. The molecule has 1 amide bonds. The molecular formula is C13H18ClNO4. The number of carbonyl (C=O) groups excluding carboxylic acids is 1. The lowest BCUT2D eigenvalue weighted by Gasteiger charge is -2.12. The minimum absolute atomic E-state index is 0.250. The second-order valence-electron chi connectivity index (χ2n) is 4.00. The van der Waals surface area contributed by atoms with Crippen LogP contribution in [0.3, 0.4) is 0 Å². The maximum absolute atomic E-state index is 11.9. The molecule has 0 aliphatic rings. The van der Waals surface area contributed by atoms with E-state index in [1.807, 2.05) is 0 Å². The topological polar surface area (TPSA) is 67.8 Å². The van der Waals surface area contributed by atoms with Crippen LogP contribution in [0.4, 0.5) is 0 Å². The Hall–Kier alpha value is -1.30. The molecule has 2 N–H and O–H groups in total. The van der Waals surface area contributed by atoms with Gasteiger partial charge in [-0.05, 0) is 24.6 Å². The summed E-state index contributed by atoms with van der Waals surface area (Å²) in [5.74, 6) is 0.153. The van der Waals surface area contributed by atoms with Gasteiger partial charge in [0.2, 0.25) is 0 Å². The third-order valence-electron chi connectivity index (χ3n) is 2.53. The van der Waals surface area contributed by atoms with E-state index < -0.39 is 6.10 Å². The Morgan fingerprint density at radius 1 is 1.47 bits per heavy atom. The Morgan fingerprint density at radius 3 is 2.84 bits per heavy atom. The molecule has 0 saturated carbocycles. The molecule has 0 aliphatic heterocycles. The predicted molar refractivity (Wildman–Crippen MR) is 72.8 cm³/mol. The van der Waals surface area contributed by atoms with Gasteiger partial charge in [-0.2, -0.15) is 0 Å². The fourth-order valence-electron chi connectivity index (χ4n) is 1.58. The summed E-state index contributed by atoms with van der Waals surface area (Å²) < 4.78 is 9.90. The monoisotopic (exact) mass is 287 g/mol. The molecule has 1 atom stereocenters. The lowest BCUT2D eigenvalue weighted by molar-refractivity contribution is 0.0587. The maximum atomic E-state index is 11.9. The van der Waals surface area contributed by atoms with Gasteiger partial charge in [-0.15, -0.1) is 0 Å². The molecule has 1 aromatic rings. The number of aliphatic hydroxyl groups excluding tert-OH is 1. The Balaban J connectivity index is 2.54. The lowest BCUT2D eigenvalue weighted by atomic mass is 10.2. The molecule has 0 radical (unpaired) electrons. The molecule has 1 rings (SSSR count). The maximum Gasteiger partial charge on any atom is 0.255 e. The lowest BCUT2D eigenvalue weighted by Crippen LogP contribution is -2.28. The van der Waals surface area contributed by atoms with Crippen molar-refractivity contribution in [3.05, 3.63) is 28.8 Å². The molecule has 106 valence electrons. The molecule has 1 unspecified atom stereocenters. The van der Waals surface area contributed by atoms with Crippen molar-refractivity contribution in [1.82, 2.24) is 5.32 Å². The van der Waals surface area contributed by atoms with Gasteiger partial charge in [0.05, 0.1) is 25.4 Å². The summed E-state index contributed by atoms with van der Waals surface area (Å²) in [4.78, 5) is 11.9. The molecule has 0 fully saturated rings. The van der Waals surface area contributed by atoms with E-state index in [0.29, 0.717) is 29.3 Å². The van der Waals surface area contributed by atoms with Gasteiger partial charge in [-0.3, -0.25) is 4.79 Å². The predicted octanol–water partition coefficient (Wildman–Crippen LogP) is 1.48. The average molecular weight is 288 g/mol. The molecule has 0 aliphatic carbocycles. The smallest absolute Gasteiger partial charge is 0.255 e. The first-order valence-electron chi connectivity index (χ1n) is 5.87. The summed E-state index contributed by atoms with van der Waals surface area (Å²) in [5.41, 5.74) is 0.410. The van der Waals surface area contributed by atoms with Crippen molar-refractivity contribution in [2.24, 2.45) is 0 Å². The van der Waals surface area contributed by atoms with Crippen LogP contribution in [0.15, 0.2) is 18.2 Å². The van der Waals surface area contributed by atoms with Crippen LogP contribution in [0.5, 0.6) is 5.75 Å². The highest BCUT2D eigenvalue weighted by atomic mass is 35.5. The van der Waals surface area contributed by atoms with Crippen LogP contribution in [-0.4, -0.2) is 44.5 Å². The summed E-state index contributed by atoms with van der Waals surface area (Å²) in [6.45, 7) is 0.606. The van der Waals surface area contributed by atoms with Gasteiger partial charge < -0.3 is 19.9 Å². The van der Waals surface area contributed by atoms with E-state index in [4.69, 9.17) is 21.1 Å². The Bertz CT molecular complexity index is 425. The first-order valence-corrected chi connectivity index (χ1v) is 6.25. The van der Waals surface area contributed by atoms with E-state index in [2.05, 4.69) is 5.32 Å². The summed E-state index contributed by atoms with van der Waals surface area (Å²) in [6, 6.07) is 4.80. The van der Waals surface area contributed by atoms with Gasteiger partial charge in [0.15, 0.2) is 0 Å². The van der Waals surface area contributed by atoms with Gasteiger partial charge in [0.25, 0.3) is 5.91 Å². The quantitative estimate of drug-likeness (QED) is 0.797. The van der Waals surface area contributed by atoms with E-state index in [9.17, 15) is 9.90 Å². The van der Waals surface area contributed by atoms with Crippen LogP contribution in [-0.2, 0) is 4.74 Å². The Kier molecular flexibility index (Phi) is 6.62. The molecular weight excluding hydrogens is 270 g/mol. The fraction of sp³-hybridized carbons (Fsp3) is 0.462. The van der Waals surface area contributed by atoms with Crippen molar-refractivity contribution in [3.63, 3.8) is 0 Å². The number of hydrogen-bond donors (Lipinski definition) is 2. The van der Waals surface area contributed by atoms with E-state index >= 15 is 0 Å². The van der Waals surface area contributed by atoms with Crippen LogP contribution in [0.2, 0.25) is 5.02 Å². The molecule has 1 aromatic carbocycles. The van der Waals surface area contributed by atoms with Crippen LogP contribution in [0.25, 0.3) is 0 Å². The van der Waals surface area contributed by atoms with Crippen molar-refractivity contribution < 1.29 is 19.4 Å². The zero-order valence-corrected chi connectivity index (χ0v) is 11.7. The number of rotatable bonds is 7. The minimum Gasteiger partial charge on any atom is -0.496 e. The number of carbonyl (C=O) groups is 1. The molecule has 5 nitrogen and oxygen atoms in total. The van der Waals surface area contributed by atoms with Crippen molar-refractivity contribution >= 4 is 17.5 Å². The first kappa shape index (κ1) is 15.8. The number of nitrogens with one attached hydrogen (secondary N) is 1. The molecule has 0 aromatic heterocycles. The molecule has 19 heavy (non-hydrogen) atoms. The number of hydrogen-bond acceptors (Lipinski definition) is 4. The number of aliphatic hydroxyl groups is 1. The van der Waals surface area contributed by atoms with E-state index in [-0.39, 0.29) is 12.5 Å². The summed E-state index contributed by atoms with van der Waals surface area (Å²) in [5, 5.41) is 12.7. The SMILES string of the molecule is COCC(O)CCNC(=O)c1ccc(Cl)cc1OC. The van der Waals surface area contributed by atoms with Gasteiger partial charge in [0, 0.05) is 18.7 Å². The van der Waals surface area contributed by atoms with Crippen LogP contribution < -0.4 is 10.1 Å². The number of methoxy groups -OCH3 is 2. The molecule has 0 bridgehead atoms. The van der Waals surface area contributed by atoms with Crippen LogP contribution in [0, 0.1) is 0 Å². The van der Waals surface area contributed by atoms with E-state index in [0.717, 1.165) is 0 Å². The highest BCUT2D eigenvalue weighted by Gasteiger charge is 2.12. The normalized spacial score (nSPS) is 12.0. The van der Waals surface area contributed by atoms with Crippen molar-refractivity contribution in [2.45, 2.75) is 12.5 Å². The van der Waals surface area contributed by atoms with Crippen LogP contribution in [0.1, 0.15) is 16.8 Å². The van der Waals surface area contributed by atoms with Crippen LogP contribution >= 0.6 is 11.6 Å². The molecule has 0 saturated heterocycles. The molecule has 6 heteroatoms. The van der Waals surface area contributed by atoms with Crippen molar-refractivity contribution in [2.75, 3.05) is 27.4 Å². The average Bonchev–Trinajstić information content (AvgIpc) is 2.38. The van der Waals surface area contributed by atoms with Gasteiger partial charge in [-0.25, -0.2) is 0 Å². The Labute approximate surface area is 117 Å². The minimum atomic E-state index is -0.586. The summed E-state index contributed by atoms with van der Waals surface area (Å²) in [6.07, 6.45) is -0.160. The fourth-order valence-corrected chi connectivity index (χ4v) is 1.74. The van der Waals surface area contributed by atoms with Gasteiger partial charge in [-0.1, -0.05) is 11.6 Å². The van der Waals surface area contributed by atoms with Crippen molar-refractivity contribution in [1.29, 1.82) is 0 Å². The molecule has 0 heterocycles. The standard InChI is InChI=1S/C13H18ClNO4/c1-18-8-10(16)5-6-15-13(17)11-4-3-9(14)7-12(11)19-2/h3-4,7,10,16H,5-6,8H2,1-2H3,(H,15,17). The number of benzene rings is 1. The third kappa shape index (κ3) is 5.06. The Morgan fingerprint density at radius 2 is 2.21 bits per heavy atom. The van der Waals surface area contributed by atoms with E-state index in [1.165, 1.54) is 14.2 Å². The second-order valence-corrected chi connectivity index (χ2v) is 4.43. The van der Waals surface area contributed by atoms with E-state index in [1.54, 1.807) is 18.2 Å². The summed E-state index contributed by atoms with van der Waals surface area (Å²) >= 11 is 5.82. The van der Waals surface area contributed by atoms with Gasteiger partial charge >= 0.3 is 0 Å². The van der Waals surface area contributed by atoms with Gasteiger partial charge in [0.1, 0.15) is 5.75 Å². The molecule has 0 spiro atoms. The highest BCUT2D eigenvalue weighted by molar-refractivity contribution is 6.30. The van der Waals surface area contributed by atoms with Crippen molar-refractivity contribution in [3.8, 4) is 5.75 Å². The summed E-state index contributed by atoms with van der Waals surface area (Å²) in [7, 11) is 2.99. The zero-order chi connectivity index (χ0) is 14.3. The third-order valence-corrected chi connectivity index (χ3v) is 2.77. The first-order chi connectivity index (χ1) is 9.08. The highest BCUT2D eigenvalue weighted by Crippen LogP contribution is 2.22. The zero-order valence-electron chi connectivity index (χ0n) is 11.0. The second kappa shape index (κ2) is 7.99. The largest absolute Gasteiger partial charge is 0.496 e. The number of amides is 1.